The molecule has 0 saturated heterocycles. The van der Waals surface area contributed by atoms with E-state index < -0.39 is 68.6 Å². The minimum Gasteiger partial charge on any atom is -0.335 e. The molecule has 0 aliphatic rings. The number of halogens is 13. The maximum absolute atomic E-state index is 13.8. The van der Waals surface area contributed by atoms with Gasteiger partial charge < -0.3 is 9.47 Å². The summed E-state index contributed by atoms with van der Waals surface area (Å²) in [7, 11) is 0. The van der Waals surface area contributed by atoms with Gasteiger partial charge in [-0.25, -0.2) is 13.2 Å². The van der Waals surface area contributed by atoms with Crippen LogP contribution in [-0.4, -0.2) is 54.8 Å². The fourth-order valence-corrected chi connectivity index (χ4v) is 1.32. The number of alkyl halides is 13. The first kappa shape index (κ1) is 26.0. The molecule has 2 nitrogen and oxygen atoms in total. The molecule has 15 heteroatoms. The monoisotopic (exact) mass is 436 g/mol. The van der Waals surface area contributed by atoms with Gasteiger partial charge in [0.2, 0.25) is 0 Å². The van der Waals surface area contributed by atoms with Crippen LogP contribution in [0.15, 0.2) is 0 Å². The summed E-state index contributed by atoms with van der Waals surface area (Å²) in [6.45, 7) is -6.69. The fourth-order valence-electron chi connectivity index (χ4n) is 1.32. The molecule has 0 aliphatic heterocycles. The van der Waals surface area contributed by atoms with Crippen LogP contribution in [0.2, 0.25) is 0 Å². The third-order valence-electron chi connectivity index (χ3n) is 3.01. The van der Waals surface area contributed by atoms with Gasteiger partial charge in [0.25, 0.3) is 11.8 Å². The summed E-state index contributed by atoms with van der Waals surface area (Å²) in [6.07, 6.45) is -6.26. The average molecular weight is 436 g/mol. The van der Waals surface area contributed by atoms with Gasteiger partial charge in [-0.1, -0.05) is 0 Å². The number of hydrogen-bond acceptors (Lipinski definition) is 2. The first-order chi connectivity index (χ1) is 11.4. The molecule has 0 radical (unpaired) electrons. The summed E-state index contributed by atoms with van der Waals surface area (Å²) in [5, 5.41) is 0. The van der Waals surface area contributed by atoms with Crippen molar-refractivity contribution in [1.82, 2.24) is 0 Å². The molecule has 0 fully saturated rings. The molecule has 0 amide bonds. The molecular formula is C12H13F13O2. The lowest BCUT2D eigenvalue weighted by molar-refractivity contribution is -0.408. The minimum atomic E-state index is -6.47. The van der Waals surface area contributed by atoms with Crippen LogP contribution in [0.3, 0.4) is 0 Å². The van der Waals surface area contributed by atoms with Crippen molar-refractivity contribution in [3.05, 3.63) is 0 Å². The van der Waals surface area contributed by atoms with Gasteiger partial charge in [-0.2, -0.15) is 43.9 Å². The number of ether oxygens (including phenoxy) is 2. The zero-order valence-electron chi connectivity index (χ0n) is 13.6. The summed E-state index contributed by atoms with van der Waals surface area (Å²) < 4.78 is 175. The Labute approximate surface area is 143 Å². The lowest BCUT2D eigenvalue weighted by Gasteiger charge is -2.39. The van der Waals surface area contributed by atoms with Gasteiger partial charge in [0.1, 0.15) is 13.2 Å². The predicted octanol–water partition coefficient (Wildman–Crippen LogP) is 5.51. The highest BCUT2D eigenvalue weighted by molar-refractivity contribution is 5.01. The van der Waals surface area contributed by atoms with Crippen molar-refractivity contribution in [2.45, 2.75) is 62.3 Å². The highest BCUT2D eigenvalue weighted by Crippen LogP contribution is 2.52. The summed E-state index contributed by atoms with van der Waals surface area (Å²) in [4.78, 5) is 0. The first-order valence-corrected chi connectivity index (χ1v) is 6.65. The zero-order chi connectivity index (χ0) is 22.3. The van der Waals surface area contributed by atoms with Gasteiger partial charge in [-0.15, -0.1) is 0 Å². The van der Waals surface area contributed by atoms with Crippen molar-refractivity contribution in [3.8, 4) is 0 Å². The van der Waals surface area contributed by atoms with E-state index in [1.165, 1.54) is 0 Å². The van der Waals surface area contributed by atoms with Crippen molar-refractivity contribution in [2.24, 2.45) is 0 Å². The van der Waals surface area contributed by atoms with Gasteiger partial charge in [0.05, 0.1) is 0 Å². The van der Waals surface area contributed by atoms with Crippen LogP contribution >= 0.6 is 0 Å². The minimum absolute atomic E-state index is 0.0258. The maximum atomic E-state index is 13.8. The molecule has 2 unspecified atom stereocenters. The Morgan fingerprint density at radius 2 is 0.963 bits per heavy atom. The van der Waals surface area contributed by atoms with Gasteiger partial charge in [-0.3, -0.25) is 0 Å². The number of rotatable bonds is 9. The second-order valence-corrected chi connectivity index (χ2v) is 5.83. The quantitative estimate of drug-likeness (QED) is 0.444. The van der Waals surface area contributed by atoms with E-state index in [4.69, 9.17) is 0 Å². The average Bonchev–Trinajstić information content (AvgIpc) is 2.39. The van der Waals surface area contributed by atoms with Crippen LogP contribution in [0.4, 0.5) is 57.1 Å². The fraction of sp³-hybridized carbons (Fsp3) is 1.00. The third kappa shape index (κ3) is 5.51. The molecule has 0 N–H and O–H groups in total. The Morgan fingerprint density at radius 1 is 0.556 bits per heavy atom. The van der Waals surface area contributed by atoms with Crippen LogP contribution in [0.1, 0.15) is 20.8 Å². The summed E-state index contributed by atoms with van der Waals surface area (Å²) in [5.74, 6) is -33.2. The Hall–Kier alpha value is -0.990. The molecule has 0 aromatic heterocycles. The molecular weight excluding hydrogens is 423 g/mol. The molecule has 0 saturated carbocycles. The van der Waals surface area contributed by atoms with E-state index in [9.17, 15) is 57.1 Å². The normalized spacial score (nSPS) is 19.6. The van der Waals surface area contributed by atoms with Gasteiger partial charge in [0.15, 0.2) is 0 Å². The predicted molar refractivity (Wildman–Crippen MR) is 62.4 cm³/mol. The molecule has 0 aromatic rings. The largest absolute Gasteiger partial charge is 0.450 e. The van der Waals surface area contributed by atoms with Crippen molar-refractivity contribution >= 4 is 0 Å². The Kier molecular flexibility index (Phi) is 6.86. The third-order valence-corrected chi connectivity index (χ3v) is 3.01. The summed E-state index contributed by atoms with van der Waals surface area (Å²) >= 11 is 0. The molecule has 0 heterocycles. The van der Waals surface area contributed by atoms with E-state index in [-0.39, 0.29) is 6.92 Å². The van der Waals surface area contributed by atoms with E-state index in [2.05, 4.69) is 9.47 Å². The van der Waals surface area contributed by atoms with E-state index in [1.54, 1.807) is 0 Å². The van der Waals surface area contributed by atoms with Gasteiger partial charge in [-0.05, 0) is 0 Å². The zero-order valence-corrected chi connectivity index (χ0v) is 13.6. The highest BCUT2D eigenvalue weighted by Gasteiger charge is 2.78. The lowest BCUT2D eigenvalue weighted by Crippen LogP contribution is -2.63. The van der Waals surface area contributed by atoms with Crippen LogP contribution in [-0.2, 0) is 9.47 Å². The smallest absolute Gasteiger partial charge is 0.335 e. The van der Waals surface area contributed by atoms with Gasteiger partial charge in [0, 0.05) is 20.8 Å². The molecule has 0 bridgehead atoms. The van der Waals surface area contributed by atoms with Crippen molar-refractivity contribution in [1.29, 1.82) is 0 Å². The van der Waals surface area contributed by atoms with Crippen molar-refractivity contribution in [3.63, 3.8) is 0 Å². The first-order valence-electron chi connectivity index (χ1n) is 6.65. The molecule has 164 valence electrons. The van der Waals surface area contributed by atoms with Crippen LogP contribution in [0.5, 0.6) is 0 Å². The topological polar surface area (TPSA) is 18.5 Å². The molecule has 0 aromatic carbocycles. The molecule has 27 heavy (non-hydrogen) atoms. The second kappa shape index (κ2) is 7.12. The van der Waals surface area contributed by atoms with E-state index >= 15 is 0 Å². The van der Waals surface area contributed by atoms with Crippen LogP contribution in [0, 0.1) is 0 Å². The van der Waals surface area contributed by atoms with Crippen LogP contribution in [0.25, 0.3) is 0 Å². The molecule has 0 aliphatic carbocycles. The standard InChI is InChI=1S/C12H13F13O2/c1-6(13,14)4-27-9(18,12(23,24)25)5-26-8(3,17)11(21,22)10(19,20)7(2,15)16/h4-5H2,1-3H3. The van der Waals surface area contributed by atoms with Crippen molar-refractivity contribution < 1.29 is 66.5 Å². The molecule has 2 atom stereocenters. The Morgan fingerprint density at radius 3 is 1.26 bits per heavy atom. The maximum Gasteiger partial charge on any atom is 0.450 e. The summed E-state index contributed by atoms with van der Waals surface area (Å²) in [5.41, 5.74) is 0. The lowest BCUT2D eigenvalue weighted by atomic mass is 9.99. The van der Waals surface area contributed by atoms with Gasteiger partial charge >= 0.3 is 29.8 Å². The SMILES string of the molecule is CC(F)(F)COC(F)(COC(C)(F)C(F)(F)C(F)(F)C(C)(F)F)C(F)(F)F. The highest BCUT2D eigenvalue weighted by atomic mass is 19.4. The van der Waals surface area contributed by atoms with E-state index in [0.717, 1.165) is 0 Å². The second-order valence-electron chi connectivity index (χ2n) is 5.83. The van der Waals surface area contributed by atoms with Crippen LogP contribution < -0.4 is 0 Å². The summed E-state index contributed by atoms with van der Waals surface area (Å²) in [6, 6.07) is 0. The van der Waals surface area contributed by atoms with E-state index in [1.807, 2.05) is 0 Å². The Balaban J connectivity index is 5.64. The molecule has 0 rings (SSSR count). The van der Waals surface area contributed by atoms with Crippen molar-refractivity contribution in [2.75, 3.05) is 13.2 Å². The molecule has 0 spiro atoms. The number of hydrogen-bond donors (Lipinski definition) is 0. The Bertz CT molecular complexity index is 503. The van der Waals surface area contributed by atoms with E-state index in [0.29, 0.717) is 0 Å².